The van der Waals surface area contributed by atoms with Crippen LogP contribution in [0.1, 0.15) is 56.7 Å². The Hall–Kier alpha value is -2.25. The Kier molecular flexibility index (Phi) is 6.62. The van der Waals surface area contributed by atoms with Gasteiger partial charge in [0.2, 0.25) is 5.95 Å². The molecule has 1 heterocycles. The Morgan fingerprint density at radius 1 is 1.29 bits per heavy atom. The Bertz CT molecular complexity index is 587. The lowest BCUT2D eigenvalue weighted by molar-refractivity contribution is 0.0612. The molecule has 1 aromatic heterocycles. The minimum Gasteiger partial charge on any atom is -0.443 e. The van der Waals surface area contributed by atoms with Gasteiger partial charge in [0.15, 0.2) is 5.69 Å². The molecule has 0 saturated carbocycles. The Balaban J connectivity index is 3.09. The summed E-state index contributed by atoms with van der Waals surface area (Å²) >= 11 is 0. The molecule has 0 unspecified atom stereocenters. The molecule has 1 rings (SSSR count). The lowest BCUT2D eigenvalue weighted by Gasteiger charge is -2.21. The van der Waals surface area contributed by atoms with Crippen LogP contribution in [0.3, 0.4) is 0 Å². The number of amides is 2. The van der Waals surface area contributed by atoms with Crippen molar-refractivity contribution in [2.24, 2.45) is 0 Å². The molecule has 0 aromatic carbocycles. The topological polar surface area (TPSA) is 88.5 Å². The molecule has 0 radical (unpaired) electrons. The van der Waals surface area contributed by atoms with Crippen molar-refractivity contribution in [3.8, 4) is 0 Å². The van der Waals surface area contributed by atoms with Crippen LogP contribution in [0, 0.1) is 6.92 Å². The van der Waals surface area contributed by atoms with E-state index in [9.17, 15) is 9.59 Å². The van der Waals surface area contributed by atoms with E-state index in [1.165, 1.54) is 9.58 Å². The van der Waals surface area contributed by atoms with Gasteiger partial charge in [0, 0.05) is 20.6 Å². The predicted octanol–water partition coefficient (Wildman–Crippen LogP) is 2.58. The maximum atomic E-state index is 12.3. The van der Waals surface area contributed by atoms with E-state index in [0.717, 1.165) is 12.8 Å². The number of imidazole rings is 1. The van der Waals surface area contributed by atoms with E-state index >= 15 is 0 Å². The molecule has 8 heteroatoms. The summed E-state index contributed by atoms with van der Waals surface area (Å²) in [6.45, 7) is 9.86. The van der Waals surface area contributed by atoms with E-state index in [2.05, 4.69) is 22.7 Å². The number of anilines is 1. The Labute approximate surface area is 143 Å². The van der Waals surface area contributed by atoms with E-state index in [-0.39, 0.29) is 11.6 Å². The van der Waals surface area contributed by atoms with Gasteiger partial charge in [0.1, 0.15) is 5.60 Å². The van der Waals surface area contributed by atoms with E-state index < -0.39 is 11.7 Å². The number of aromatic nitrogens is 2. The largest absolute Gasteiger partial charge is 0.443 e. The smallest absolute Gasteiger partial charge is 0.427 e. The highest BCUT2D eigenvalue weighted by molar-refractivity contribution is 5.94. The summed E-state index contributed by atoms with van der Waals surface area (Å²) in [4.78, 5) is 30.1. The molecule has 136 valence electrons. The standard InChI is InChI=1S/C16H29N5O3/c1-8-9-10-17-14-18-12(13(22)20(6)7)11(2)21(14)19-15(23)24-16(3,4)5/h8-10H2,1-7H3,(H,17,18)(H,19,23). The minimum atomic E-state index is -0.614. The normalized spacial score (nSPS) is 11.1. The van der Waals surface area contributed by atoms with Crippen molar-refractivity contribution >= 4 is 17.9 Å². The number of hydrogen-bond donors (Lipinski definition) is 2. The number of rotatable bonds is 6. The monoisotopic (exact) mass is 339 g/mol. The van der Waals surface area contributed by atoms with Crippen LogP contribution in [0.2, 0.25) is 0 Å². The fourth-order valence-corrected chi connectivity index (χ4v) is 1.94. The molecule has 0 bridgehead atoms. The molecular weight excluding hydrogens is 310 g/mol. The third-order valence-corrected chi connectivity index (χ3v) is 3.13. The fraction of sp³-hybridized carbons (Fsp3) is 0.688. The summed E-state index contributed by atoms with van der Waals surface area (Å²) < 4.78 is 6.73. The summed E-state index contributed by atoms with van der Waals surface area (Å²) in [7, 11) is 3.32. The molecule has 0 spiro atoms. The maximum Gasteiger partial charge on any atom is 0.427 e. The second-order valence-corrected chi connectivity index (χ2v) is 6.80. The van der Waals surface area contributed by atoms with Crippen LogP contribution in [0.4, 0.5) is 10.7 Å². The number of ether oxygens (including phenoxy) is 1. The van der Waals surface area contributed by atoms with Gasteiger partial charge in [-0.05, 0) is 34.1 Å². The van der Waals surface area contributed by atoms with Crippen molar-refractivity contribution in [1.82, 2.24) is 14.6 Å². The first-order chi connectivity index (χ1) is 11.1. The summed E-state index contributed by atoms with van der Waals surface area (Å²) in [6.07, 6.45) is 1.37. The Morgan fingerprint density at radius 2 is 1.92 bits per heavy atom. The zero-order valence-corrected chi connectivity index (χ0v) is 15.7. The molecule has 8 nitrogen and oxygen atoms in total. The van der Waals surface area contributed by atoms with Crippen LogP contribution in [-0.2, 0) is 4.74 Å². The summed E-state index contributed by atoms with van der Waals surface area (Å²) in [5, 5.41) is 3.15. The van der Waals surface area contributed by atoms with Crippen LogP contribution in [-0.4, -0.2) is 52.8 Å². The van der Waals surface area contributed by atoms with Crippen LogP contribution in [0.5, 0.6) is 0 Å². The molecule has 0 aliphatic carbocycles. The average Bonchev–Trinajstić information content (AvgIpc) is 2.73. The van der Waals surface area contributed by atoms with Gasteiger partial charge in [-0.3, -0.25) is 4.79 Å². The number of nitrogens with one attached hydrogen (secondary N) is 2. The molecule has 0 atom stereocenters. The second-order valence-electron chi connectivity index (χ2n) is 6.80. The molecule has 0 saturated heterocycles. The predicted molar refractivity (Wildman–Crippen MR) is 94.0 cm³/mol. The molecule has 2 amide bonds. The number of unbranched alkanes of at least 4 members (excludes halogenated alkanes) is 1. The number of hydrogen-bond acceptors (Lipinski definition) is 5. The third-order valence-electron chi connectivity index (χ3n) is 3.13. The first-order valence-electron chi connectivity index (χ1n) is 8.11. The highest BCUT2D eigenvalue weighted by Gasteiger charge is 2.23. The van der Waals surface area contributed by atoms with E-state index in [1.807, 2.05) is 0 Å². The zero-order valence-electron chi connectivity index (χ0n) is 15.7. The van der Waals surface area contributed by atoms with Gasteiger partial charge in [-0.1, -0.05) is 13.3 Å². The van der Waals surface area contributed by atoms with Gasteiger partial charge in [0.25, 0.3) is 5.91 Å². The SMILES string of the molecule is CCCCNc1nc(C(=O)N(C)C)c(C)n1NC(=O)OC(C)(C)C. The lowest BCUT2D eigenvalue weighted by atomic mass is 10.2. The van der Waals surface area contributed by atoms with Crippen LogP contribution >= 0.6 is 0 Å². The number of nitrogens with zero attached hydrogens (tertiary/aromatic N) is 3. The minimum absolute atomic E-state index is 0.226. The van der Waals surface area contributed by atoms with E-state index in [1.54, 1.807) is 41.8 Å². The van der Waals surface area contributed by atoms with Crippen molar-refractivity contribution in [1.29, 1.82) is 0 Å². The van der Waals surface area contributed by atoms with Gasteiger partial charge < -0.3 is 15.0 Å². The van der Waals surface area contributed by atoms with Crippen LogP contribution in [0.25, 0.3) is 0 Å². The lowest BCUT2D eigenvalue weighted by Crippen LogP contribution is -2.33. The van der Waals surface area contributed by atoms with Crippen molar-refractivity contribution in [2.75, 3.05) is 31.4 Å². The molecular formula is C16H29N5O3. The van der Waals surface area contributed by atoms with Crippen molar-refractivity contribution in [3.05, 3.63) is 11.4 Å². The maximum absolute atomic E-state index is 12.3. The van der Waals surface area contributed by atoms with E-state index in [4.69, 9.17) is 4.74 Å². The van der Waals surface area contributed by atoms with Crippen LogP contribution < -0.4 is 10.7 Å². The van der Waals surface area contributed by atoms with Gasteiger partial charge >= 0.3 is 6.09 Å². The second kappa shape index (κ2) is 8.03. The fourth-order valence-electron chi connectivity index (χ4n) is 1.94. The van der Waals surface area contributed by atoms with Crippen molar-refractivity contribution in [3.63, 3.8) is 0 Å². The molecule has 0 aliphatic rings. The van der Waals surface area contributed by atoms with Gasteiger partial charge in [-0.15, -0.1) is 0 Å². The molecule has 24 heavy (non-hydrogen) atoms. The van der Waals surface area contributed by atoms with Crippen molar-refractivity contribution in [2.45, 2.75) is 53.1 Å². The number of carbonyl (C=O) groups is 2. The van der Waals surface area contributed by atoms with Gasteiger partial charge in [0.05, 0.1) is 5.69 Å². The summed E-state index contributed by atoms with van der Waals surface area (Å²) in [5.41, 5.74) is 2.85. The summed E-state index contributed by atoms with van der Waals surface area (Å²) in [5.74, 6) is 0.188. The molecule has 2 N–H and O–H groups in total. The van der Waals surface area contributed by atoms with E-state index in [0.29, 0.717) is 18.2 Å². The summed E-state index contributed by atoms with van der Waals surface area (Å²) in [6, 6.07) is 0. The number of carbonyl (C=O) groups excluding carboxylic acids is 2. The quantitative estimate of drug-likeness (QED) is 0.778. The average molecular weight is 339 g/mol. The zero-order chi connectivity index (χ0) is 18.5. The molecule has 0 aliphatic heterocycles. The first kappa shape index (κ1) is 19.8. The highest BCUT2D eigenvalue weighted by Crippen LogP contribution is 2.16. The van der Waals surface area contributed by atoms with Gasteiger partial charge in [-0.2, -0.15) is 0 Å². The molecule has 0 fully saturated rings. The Morgan fingerprint density at radius 3 is 2.42 bits per heavy atom. The molecule has 1 aromatic rings. The van der Waals surface area contributed by atoms with Gasteiger partial charge in [-0.25, -0.2) is 19.9 Å². The van der Waals surface area contributed by atoms with Crippen molar-refractivity contribution < 1.29 is 14.3 Å². The first-order valence-corrected chi connectivity index (χ1v) is 8.11. The van der Waals surface area contributed by atoms with Crippen LogP contribution in [0.15, 0.2) is 0 Å². The highest BCUT2D eigenvalue weighted by atomic mass is 16.6. The third kappa shape index (κ3) is 5.43.